The van der Waals surface area contributed by atoms with E-state index in [9.17, 15) is 12.8 Å². The average molecular weight is 505 g/mol. The summed E-state index contributed by atoms with van der Waals surface area (Å²) < 4.78 is 41.3. The topological polar surface area (TPSA) is 74.8 Å². The minimum absolute atomic E-state index is 0.0197. The van der Waals surface area contributed by atoms with Crippen LogP contribution in [0.3, 0.4) is 0 Å². The van der Waals surface area contributed by atoms with E-state index in [0.29, 0.717) is 5.92 Å². The summed E-state index contributed by atoms with van der Waals surface area (Å²) in [6.45, 7) is 5.13. The number of benzene rings is 1. The standard InChI is InChI=1S/C19H25FIN3O2S/c1-19(2,3)27(25,26)24-15-9-7-12(8-10-15)17-16(21)18(23-22-17)13-5-4-6-14(20)11-13/h4-6,11-12,15,24H,7-10H2,1-3H3,(H,22,23). The Morgan fingerprint density at radius 3 is 2.48 bits per heavy atom. The Kier molecular flexibility index (Phi) is 5.98. The lowest BCUT2D eigenvalue weighted by molar-refractivity contribution is 0.366. The van der Waals surface area contributed by atoms with E-state index in [1.165, 1.54) is 12.1 Å². The number of halogens is 2. The molecule has 0 amide bonds. The first-order valence-electron chi connectivity index (χ1n) is 9.10. The van der Waals surface area contributed by atoms with Gasteiger partial charge < -0.3 is 0 Å². The molecule has 3 rings (SSSR count). The van der Waals surface area contributed by atoms with Crippen LogP contribution in [-0.4, -0.2) is 29.4 Å². The summed E-state index contributed by atoms with van der Waals surface area (Å²) in [5.74, 6) is 0.0293. The van der Waals surface area contributed by atoms with Crippen LogP contribution in [0.5, 0.6) is 0 Å². The van der Waals surface area contributed by atoms with Crippen LogP contribution in [0.4, 0.5) is 4.39 Å². The zero-order chi connectivity index (χ0) is 19.8. The fourth-order valence-corrected chi connectivity index (χ4v) is 5.36. The van der Waals surface area contributed by atoms with Crippen molar-refractivity contribution in [3.63, 3.8) is 0 Å². The summed E-state index contributed by atoms with van der Waals surface area (Å²) in [6, 6.07) is 6.42. The smallest absolute Gasteiger partial charge is 0.216 e. The molecule has 1 aliphatic carbocycles. The first-order chi connectivity index (χ1) is 12.6. The van der Waals surface area contributed by atoms with Crippen LogP contribution in [0.2, 0.25) is 0 Å². The summed E-state index contributed by atoms with van der Waals surface area (Å²) in [6.07, 6.45) is 3.37. The van der Waals surface area contributed by atoms with Crippen molar-refractivity contribution in [1.82, 2.24) is 14.9 Å². The molecule has 8 heteroatoms. The minimum atomic E-state index is -3.33. The van der Waals surface area contributed by atoms with E-state index < -0.39 is 14.8 Å². The Hall–Kier alpha value is -1.00. The molecule has 0 unspecified atom stereocenters. The van der Waals surface area contributed by atoms with E-state index in [1.807, 2.05) is 6.07 Å². The Morgan fingerprint density at radius 1 is 1.22 bits per heavy atom. The third kappa shape index (κ3) is 4.54. The van der Waals surface area contributed by atoms with Crippen molar-refractivity contribution in [2.24, 2.45) is 0 Å². The molecule has 1 fully saturated rings. The maximum atomic E-state index is 13.5. The SMILES string of the molecule is CC(C)(C)S(=O)(=O)NC1CCC(c2[nH]nc(-c3cccc(F)c3)c2I)CC1. The lowest BCUT2D eigenvalue weighted by Gasteiger charge is -2.31. The first kappa shape index (κ1) is 20.7. The maximum Gasteiger partial charge on any atom is 0.216 e. The van der Waals surface area contributed by atoms with E-state index in [0.717, 1.165) is 46.2 Å². The molecule has 1 aliphatic rings. The number of hydrogen-bond acceptors (Lipinski definition) is 3. The van der Waals surface area contributed by atoms with Gasteiger partial charge in [-0.3, -0.25) is 5.10 Å². The molecule has 2 aromatic rings. The number of rotatable bonds is 4. The van der Waals surface area contributed by atoms with Gasteiger partial charge in [0.05, 0.1) is 14.0 Å². The van der Waals surface area contributed by atoms with Crippen LogP contribution in [0.1, 0.15) is 58.1 Å². The summed E-state index contributed by atoms with van der Waals surface area (Å²) in [5, 5.41) is 7.53. The second-order valence-electron chi connectivity index (χ2n) is 8.09. The maximum absolute atomic E-state index is 13.5. The number of sulfonamides is 1. The third-order valence-corrected chi connectivity index (χ3v) is 8.44. The Morgan fingerprint density at radius 2 is 1.89 bits per heavy atom. The van der Waals surface area contributed by atoms with Crippen molar-refractivity contribution in [3.05, 3.63) is 39.3 Å². The van der Waals surface area contributed by atoms with Crippen molar-refractivity contribution >= 4 is 32.6 Å². The molecule has 0 bridgehead atoms. The summed E-state index contributed by atoms with van der Waals surface area (Å²) >= 11 is 2.26. The van der Waals surface area contributed by atoms with Crippen LogP contribution >= 0.6 is 22.6 Å². The van der Waals surface area contributed by atoms with Gasteiger partial charge in [-0.1, -0.05) is 12.1 Å². The van der Waals surface area contributed by atoms with Gasteiger partial charge in [-0.2, -0.15) is 5.10 Å². The lowest BCUT2D eigenvalue weighted by atomic mass is 9.84. The molecule has 1 saturated carbocycles. The van der Waals surface area contributed by atoms with E-state index in [1.54, 1.807) is 26.8 Å². The summed E-state index contributed by atoms with van der Waals surface area (Å²) in [5.41, 5.74) is 2.58. The number of aromatic nitrogens is 2. The molecular weight excluding hydrogens is 480 g/mol. The number of hydrogen-bond donors (Lipinski definition) is 2. The predicted molar refractivity (Wildman–Crippen MR) is 114 cm³/mol. The van der Waals surface area contributed by atoms with Crippen molar-refractivity contribution in [2.75, 3.05) is 0 Å². The molecule has 1 aromatic heterocycles. The predicted octanol–water partition coefficient (Wildman–Crippen LogP) is 4.56. The molecule has 0 radical (unpaired) electrons. The number of aromatic amines is 1. The van der Waals surface area contributed by atoms with Crippen molar-refractivity contribution in [2.45, 2.75) is 63.2 Å². The van der Waals surface area contributed by atoms with Gasteiger partial charge in [-0.25, -0.2) is 17.5 Å². The van der Waals surface area contributed by atoms with E-state index in [-0.39, 0.29) is 11.9 Å². The van der Waals surface area contributed by atoms with Gasteiger partial charge in [-0.05, 0) is 81.2 Å². The normalized spacial score (nSPS) is 21.4. The summed E-state index contributed by atoms with van der Waals surface area (Å²) in [4.78, 5) is 0. The van der Waals surface area contributed by atoms with Gasteiger partial charge in [0.25, 0.3) is 0 Å². The highest BCUT2D eigenvalue weighted by Gasteiger charge is 2.33. The molecule has 1 heterocycles. The van der Waals surface area contributed by atoms with Crippen molar-refractivity contribution in [3.8, 4) is 11.3 Å². The Bertz CT molecular complexity index is 913. The third-order valence-electron chi connectivity index (χ3n) is 5.09. The highest BCUT2D eigenvalue weighted by Crippen LogP contribution is 2.37. The Balaban J connectivity index is 1.69. The lowest BCUT2D eigenvalue weighted by Crippen LogP contribution is -2.45. The molecule has 148 valence electrons. The number of nitrogens with zero attached hydrogens (tertiary/aromatic N) is 1. The second kappa shape index (κ2) is 7.79. The van der Waals surface area contributed by atoms with Gasteiger partial charge in [0, 0.05) is 17.5 Å². The quantitative estimate of drug-likeness (QED) is 0.599. The van der Waals surface area contributed by atoms with E-state index in [2.05, 4.69) is 37.5 Å². The molecule has 5 nitrogen and oxygen atoms in total. The molecule has 0 spiro atoms. The van der Waals surface area contributed by atoms with E-state index in [4.69, 9.17) is 0 Å². The second-order valence-corrected chi connectivity index (χ2v) is 11.6. The first-order valence-corrected chi connectivity index (χ1v) is 11.7. The summed E-state index contributed by atoms with van der Waals surface area (Å²) in [7, 11) is -3.33. The molecule has 0 aliphatic heterocycles. The van der Waals surface area contributed by atoms with Gasteiger partial charge in [0.1, 0.15) is 11.5 Å². The fraction of sp³-hybridized carbons (Fsp3) is 0.526. The van der Waals surface area contributed by atoms with Crippen LogP contribution in [0.25, 0.3) is 11.3 Å². The highest BCUT2D eigenvalue weighted by molar-refractivity contribution is 14.1. The van der Waals surface area contributed by atoms with Gasteiger partial charge in [0.15, 0.2) is 0 Å². The molecule has 0 saturated heterocycles. The molecule has 1 aromatic carbocycles. The molecule has 2 N–H and O–H groups in total. The van der Waals surface area contributed by atoms with Crippen LogP contribution in [0, 0.1) is 9.39 Å². The zero-order valence-electron chi connectivity index (χ0n) is 15.7. The van der Waals surface area contributed by atoms with Crippen molar-refractivity contribution < 1.29 is 12.8 Å². The minimum Gasteiger partial charge on any atom is -0.281 e. The molecule has 0 atom stereocenters. The number of nitrogens with one attached hydrogen (secondary N) is 2. The van der Waals surface area contributed by atoms with Gasteiger partial charge >= 0.3 is 0 Å². The largest absolute Gasteiger partial charge is 0.281 e. The average Bonchev–Trinajstić information content (AvgIpc) is 2.96. The fourth-order valence-electron chi connectivity index (χ4n) is 3.34. The number of H-pyrrole nitrogens is 1. The monoisotopic (exact) mass is 505 g/mol. The van der Waals surface area contributed by atoms with Gasteiger partial charge in [0.2, 0.25) is 10.0 Å². The van der Waals surface area contributed by atoms with Crippen LogP contribution < -0.4 is 4.72 Å². The molecular formula is C19H25FIN3O2S. The van der Waals surface area contributed by atoms with Crippen LogP contribution in [0.15, 0.2) is 24.3 Å². The highest BCUT2D eigenvalue weighted by atomic mass is 127. The Labute approximate surface area is 173 Å². The van der Waals surface area contributed by atoms with E-state index >= 15 is 0 Å². The van der Waals surface area contributed by atoms with Crippen LogP contribution in [-0.2, 0) is 10.0 Å². The van der Waals surface area contributed by atoms with Gasteiger partial charge in [-0.15, -0.1) is 0 Å². The molecule has 27 heavy (non-hydrogen) atoms. The van der Waals surface area contributed by atoms with Crippen molar-refractivity contribution in [1.29, 1.82) is 0 Å². The zero-order valence-corrected chi connectivity index (χ0v) is 18.7.